The molecule has 1 unspecified atom stereocenters. The van der Waals surface area contributed by atoms with Gasteiger partial charge in [-0.2, -0.15) is 0 Å². The third kappa shape index (κ3) is 2.74. The molecular formula is C12H18FN3O. The number of rotatable bonds is 3. The quantitative estimate of drug-likeness (QED) is 0.815. The molecule has 17 heavy (non-hydrogen) atoms. The maximum Gasteiger partial charge on any atom is 0.165 e. The monoisotopic (exact) mass is 239 g/mol. The van der Waals surface area contributed by atoms with Gasteiger partial charge in [0.25, 0.3) is 0 Å². The number of nitrogens with two attached hydrogens (primary N) is 1. The number of methoxy groups -OCH3 is 1. The lowest BCUT2D eigenvalue weighted by atomic mass is 10.1. The van der Waals surface area contributed by atoms with Crippen molar-refractivity contribution in [2.45, 2.75) is 6.17 Å². The number of benzene rings is 1. The Hall–Kier alpha value is -1.17. The molecule has 1 heterocycles. The molecule has 0 aliphatic carbocycles. The number of ether oxygens (including phenoxy) is 1. The molecule has 4 nitrogen and oxygen atoms in total. The molecule has 1 saturated heterocycles. The number of nitrogens with zero attached hydrogens (tertiary/aromatic N) is 1. The predicted octanol–water partition coefficient (Wildman–Crippen LogP) is 0.697. The van der Waals surface area contributed by atoms with Gasteiger partial charge in [-0.3, -0.25) is 4.90 Å². The highest BCUT2D eigenvalue weighted by molar-refractivity contribution is 5.30. The molecule has 1 aliphatic rings. The van der Waals surface area contributed by atoms with Crippen LogP contribution in [0.3, 0.4) is 0 Å². The summed E-state index contributed by atoms with van der Waals surface area (Å²) in [5.41, 5.74) is 6.90. The van der Waals surface area contributed by atoms with E-state index in [1.54, 1.807) is 6.07 Å². The van der Waals surface area contributed by atoms with Crippen molar-refractivity contribution >= 4 is 0 Å². The molecule has 1 aromatic carbocycles. The van der Waals surface area contributed by atoms with Crippen molar-refractivity contribution in [3.8, 4) is 5.75 Å². The van der Waals surface area contributed by atoms with Crippen LogP contribution in [-0.2, 0) is 0 Å². The smallest absolute Gasteiger partial charge is 0.165 e. The fraction of sp³-hybridized carbons (Fsp3) is 0.500. The second-order valence-corrected chi connectivity index (χ2v) is 4.12. The molecule has 94 valence electrons. The van der Waals surface area contributed by atoms with Crippen LogP contribution >= 0.6 is 0 Å². The summed E-state index contributed by atoms with van der Waals surface area (Å²) in [5.74, 6) is -0.114. The standard InChI is InChI=1S/C12H18FN3O/c1-17-11-3-2-9(8-10(11)13)12(14)16-6-4-15-5-7-16/h2-3,8,12,15H,4-7,14H2,1H3. The Morgan fingerprint density at radius 1 is 1.41 bits per heavy atom. The Morgan fingerprint density at radius 3 is 2.71 bits per heavy atom. The molecule has 1 atom stereocenters. The van der Waals surface area contributed by atoms with Crippen molar-refractivity contribution in [3.63, 3.8) is 0 Å². The summed E-state index contributed by atoms with van der Waals surface area (Å²) in [6.07, 6.45) is -0.252. The lowest BCUT2D eigenvalue weighted by Gasteiger charge is -2.32. The van der Waals surface area contributed by atoms with Gasteiger partial charge in [0.05, 0.1) is 13.3 Å². The van der Waals surface area contributed by atoms with Gasteiger partial charge in [0, 0.05) is 26.2 Å². The molecule has 0 bridgehead atoms. The SMILES string of the molecule is COc1ccc(C(N)N2CCNCC2)cc1F. The summed E-state index contributed by atoms with van der Waals surface area (Å²) >= 11 is 0. The van der Waals surface area contributed by atoms with Crippen LogP contribution in [0.15, 0.2) is 18.2 Å². The van der Waals surface area contributed by atoms with Crippen LogP contribution in [-0.4, -0.2) is 38.2 Å². The van der Waals surface area contributed by atoms with E-state index in [1.807, 2.05) is 6.07 Å². The van der Waals surface area contributed by atoms with Gasteiger partial charge in [-0.05, 0) is 17.7 Å². The molecule has 1 fully saturated rings. The van der Waals surface area contributed by atoms with Crippen molar-refractivity contribution in [1.29, 1.82) is 0 Å². The third-order valence-corrected chi connectivity index (χ3v) is 3.06. The highest BCUT2D eigenvalue weighted by Crippen LogP contribution is 2.22. The maximum atomic E-state index is 13.6. The van der Waals surface area contributed by atoms with Crippen LogP contribution in [0, 0.1) is 5.82 Å². The molecule has 5 heteroatoms. The van der Waals surface area contributed by atoms with Gasteiger partial charge in [-0.1, -0.05) is 6.07 Å². The zero-order valence-corrected chi connectivity index (χ0v) is 9.95. The number of hydrogen-bond donors (Lipinski definition) is 2. The van der Waals surface area contributed by atoms with Crippen LogP contribution in [0.2, 0.25) is 0 Å². The van der Waals surface area contributed by atoms with Crippen LogP contribution in [0.25, 0.3) is 0 Å². The van der Waals surface area contributed by atoms with Crippen LogP contribution < -0.4 is 15.8 Å². The highest BCUT2D eigenvalue weighted by atomic mass is 19.1. The molecule has 2 rings (SSSR count). The molecule has 0 saturated carbocycles. The lowest BCUT2D eigenvalue weighted by molar-refractivity contribution is 0.177. The molecular weight excluding hydrogens is 221 g/mol. The van der Waals surface area contributed by atoms with E-state index in [0.717, 1.165) is 31.7 Å². The molecule has 0 radical (unpaired) electrons. The molecule has 1 aromatic rings. The van der Waals surface area contributed by atoms with Gasteiger partial charge in [-0.25, -0.2) is 4.39 Å². The van der Waals surface area contributed by atoms with E-state index in [1.165, 1.54) is 13.2 Å². The molecule has 0 amide bonds. The van der Waals surface area contributed by atoms with E-state index in [9.17, 15) is 4.39 Å². The Kier molecular flexibility index (Phi) is 3.93. The Morgan fingerprint density at radius 2 is 2.12 bits per heavy atom. The summed E-state index contributed by atoms with van der Waals surface area (Å²) in [5, 5.41) is 3.26. The minimum absolute atomic E-state index is 0.251. The summed E-state index contributed by atoms with van der Waals surface area (Å²) in [6.45, 7) is 3.61. The van der Waals surface area contributed by atoms with Crippen molar-refractivity contribution in [2.24, 2.45) is 5.73 Å². The average molecular weight is 239 g/mol. The Bertz CT molecular complexity index is 380. The fourth-order valence-electron chi connectivity index (χ4n) is 2.04. The zero-order chi connectivity index (χ0) is 12.3. The zero-order valence-electron chi connectivity index (χ0n) is 9.95. The van der Waals surface area contributed by atoms with Crippen molar-refractivity contribution < 1.29 is 9.13 Å². The topological polar surface area (TPSA) is 50.5 Å². The van der Waals surface area contributed by atoms with Crippen LogP contribution in [0.5, 0.6) is 5.75 Å². The van der Waals surface area contributed by atoms with E-state index in [0.29, 0.717) is 0 Å². The van der Waals surface area contributed by atoms with E-state index < -0.39 is 0 Å². The maximum absolute atomic E-state index is 13.6. The van der Waals surface area contributed by atoms with Crippen LogP contribution in [0.1, 0.15) is 11.7 Å². The first kappa shape index (κ1) is 12.3. The first-order valence-corrected chi connectivity index (χ1v) is 5.76. The fourth-order valence-corrected chi connectivity index (χ4v) is 2.04. The molecule has 1 aliphatic heterocycles. The van der Waals surface area contributed by atoms with Gasteiger partial charge in [-0.15, -0.1) is 0 Å². The number of hydrogen-bond acceptors (Lipinski definition) is 4. The third-order valence-electron chi connectivity index (χ3n) is 3.06. The van der Waals surface area contributed by atoms with Crippen molar-refractivity contribution in [1.82, 2.24) is 10.2 Å². The highest BCUT2D eigenvalue weighted by Gasteiger charge is 2.19. The first-order valence-electron chi connectivity index (χ1n) is 5.76. The van der Waals surface area contributed by atoms with E-state index in [2.05, 4.69) is 10.2 Å². The van der Waals surface area contributed by atoms with E-state index in [4.69, 9.17) is 10.5 Å². The molecule has 0 aromatic heterocycles. The van der Waals surface area contributed by atoms with Crippen molar-refractivity contribution in [2.75, 3.05) is 33.3 Å². The number of piperazine rings is 1. The predicted molar refractivity (Wildman–Crippen MR) is 64.3 cm³/mol. The van der Waals surface area contributed by atoms with Gasteiger partial charge in [0.15, 0.2) is 11.6 Å². The second-order valence-electron chi connectivity index (χ2n) is 4.12. The van der Waals surface area contributed by atoms with Gasteiger partial charge >= 0.3 is 0 Å². The summed E-state index contributed by atoms with van der Waals surface area (Å²) in [7, 11) is 1.45. The molecule has 0 spiro atoms. The number of nitrogens with one attached hydrogen (secondary N) is 1. The van der Waals surface area contributed by atoms with E-state index >= 15 is 0 Å². The summed E-state index contributed by atoms with van der Waals surface area (Å²) < 4.78 is 18.5. The van der Waals surface area contributed by atoms with Crippen molar-refractivity contribution in [3.05, 3.63) is 29.6 Å². The minimum atomic E-state index is -0.365. The van der Waals surface area contributed by atoms with Gasteiger partial charge in [0.2, 0.25) is 0 Å². The average Bonchev–Trinajstić information content (AvgIpc) is 2.39. The summed E-state index contributed by atoms with van der Waals surface area (Å²) in [4.78, 5) is 2.14. The van der Waals surface area contributed by atoms with Crippen LogP contribution in [0.4, 0.5) is 4.39 Å². The second kappa shape index (κ2) is 5.44. The van der Waals surface area contributed by atoms with Gasteiger partial charge < -0.3 is 15.8 Å². The Balaban J connectivity index is 2.12. The largest absolute Gasteiger partial charge is 0.494 e. The minimum Gasteiger partial charge on any atom is -0.494 e. The normalized spacial score (nSPS) is 19.0. The number of halogens is 1. The Labute approximate surface area is 101 Å². The van der Waals surface area contributed by atoms with Gasteiger partial charge in [0.1, 0.15) is 0 Å². The summed E-state index contributed by atoms with van der Waals surface area (Å²) in [6, 6.07) is 4.88. The lowest BCUT2D eigenvalue weighted by Crippen LogP contribution is -2.47. The molecule has 3 N–H and O–H groups in total. The first-order chi connectivity index (χ1) is 8.22. The van der Waals surface area contributed by atoms with E-state index in [-0.39, 0.29) is 17.7 Å².